The van der Waals surface area contributed by atoms with Gasteiger partial charge in [-0.15, -0.1) is 0 Å². The summed E-state index contributed by atoms with van der Waals surface area (Å²) in [5, 5.41) is 72.3. The van der Waals surface area contributed by atoms with Crippen molar-refractivity contribution in [1.82, 2.24) is 0 Å². The van der Waals surface area contributed by atoms with Gasteiger partial charge in [0.25, 0.3) is 0 Å². The van der Waals surface area contributed by atoms with E-state index in [9.17, 15) is 45.3 Å². The average molecular weight is 1030 g/mol. The summed E-state index contributed by atoms with van der Waals surface area (Å²) in [4.78, 5) is 25.9. The molecule has 15 nitrogen and oxygen atoms in total. The van der Waals surface area contributed by atoms with Crippen molar-refractivity contribution in [3.63, 3.8) is 0 Å². The Morgan fingerprint density at radius 1 is 0.431 bits per heavy atom. The van der Waals surface area contributed by atoms with E-state index in [1.165, 1.54) is 167 Å². The van der Waals surface area contributed by atoms with Crippen molar-refractivity contribution in [3.05, 3.63) is 12.2 Å². The maximum Gasteiger partial charge on any atom is 0.306 e. The Balaban J connectivity index is 1.74. The van der Waals surface area contributed by atoms with Gasteiger partial charge in [-0.05, 0) is 38.5 Å². The Hall–Kier alpha value is -1.76. The lowest BCUT2D eigenvalue weighted by Gasteiger charge is -2.42. The van der Waals surface area contributed by atoms with Crippen LogP contribution in [0.5, 0.6) is 0 Å². The highest BCUT2D eigenvalue weighted by molar-refractivity contribution is 5.70. The molecule has 15 heteroatoms. The van der Waals surface area contributed by atoms with E-state index in [0.29, 0.717) is 12.8 Å². The van der Waals surface area contributed by atoms with Gasteiger partial charge < -0.3 is 64.2 Å². The number of carbonyl (C=O) groups is 2. The lowest BCUT2D eigenvalue weighted by molar-refractivity contribution is -0.332. The number of aliphatic hydroxyl groups is 7. The Labute approximate surface area is 435 Å². The summed E-state index contributed by atoms with van der Waals surface area (Å²) in [5.41, 5.74) is 0. The molecule has 72 heavy (non-hydrogen) atoms. The zero-order chi connectivity index (χ0) is 52.4. The molecule has 2 saturated heterocycles. The van der Waals surface area contributed by atoms with E-state index in [2.05, 4.69) is 26.0 Å². The largest absolute Gasteiger partial charge is 0.462 e. The third-order valence-corrected chi connectivity index (χ3v) is 14.2. The lowest BCUT2D eigenvalue weighted by Crippen LogP contribution is -2.61. The molecule has 0 aromatic heterocycles. The summed E-state index contributed by atoms with van der Waals surface area (Å²) >= 11 is 0. The smallest absolute Gasteiger partial charge is 0.306 e. The van der Waals surface area contributed by atoms with Crippen molar-refractivity contribution in [3.8, 4) is 0 Å². The van der Waals surface area contributed by atoms with Gasteiger partial charge in [-0.2, -0.15) is 0 Å². The second-order valence-electron chi connectivity index (χ2n) is 20.8. The number of hydrogen-bond acceptors (Lipinski definition) is 15. The Morgan fingerprint density at radius 3 is 1.22 bits per heavy atom. The molecule has 2 aliphatic heterocycles. The van der Waals surface area contributed by atoms with E-state index in [4.69, 9.17) is 28.4 Å². The van der Waals surface area contributed by atoms with Crippen LogP contribution in [0.25, 0.3) is 0 Å². The SMILES string of the molecule is CCCCCCCC/C=C/CCCCCCCCCCCCCC(=O)O[C@H](COC(=O)CCCCCCCCCCCCCCCCC)CO[C@H]1O[C@@H](CO[C@H]2O[C@@H](CO)[C@@H](O)C(O)C2O)[C@@H](O)C(O)C1O. The molecule has 0 aromatic carbocycles. The van der Waals surface area contributed by atoms with Gasteiger partial charge in [0, 0.05) is 12.8 Å². The van der Waals surface area contributed by atoms with Crippen molar-refractivity contribution in [1.29, 1.82) is 0 Å². The van der Waals surface area contributed by atoms with Crippen LogP contribution in [-0.2, 0) is 38.0 Å². The predicted octanol–water partition coefficient (Wildman–Crippen LogP) is 9.72. The van der Waals surface area contributed by atoms with E-state index in [1.807, 2.05) is 0 Å². The summed E-state index contributed by atoms with van der Waals surface area (Å²) in [7, 11) is 0. The molecule has 2 aliphatic rings. The van der Waals surface area contributed by atoms with Crippen molar-refractivity contribution >= 4 is 11.9 Å². The van der Waals surface area contributed by atoms with Gasteiger partial charge in [-0.3, -0.25) is 9.59 Å². The van der Waals surface area contributed by atoms with Crippen molar-refractivity contribution in [2.75, 3.05) is 26.4 Å². The molecule has 0 spiro atoms. The van der Waals surface area contributed by atoms with Crippen LogP contribution in [0, 0.1) is 0 Å². The van der Waals surface area contributed by atoms with E-state index >= 15 is 0 Å². The summed E-state index contributed by atoms with van der Waals surface area (Å²) in [5.74, 6) is -0.910. The zero-order valence-corrected chi connectivity index (χ0v) is 45.2. The highest BCUT2D eigenvalue weighted by Gasteiger charge is 2.47. The van der Waals surface area contributed by atoms with Crippen molar-refractivity contribution in [2.45, 2.75) is 313 Å². The van der Waals surface area contributed by atoms with Crippen LogP contribution in [0.15, 0.2) is 12.2 Å². The number of rotatable bonds is 47. The average Bonchev–Trinajstić information content (AvgIpc) is 3.37. The van der Waals surface area contributed by atoms with Gasteiger partial charge in [0.05, 0.1) is 19.8 Å². The van der Waals surface area contributed by atoms with E-state index in [1.54, 1.807) is 0 Å². The maximum atomic E-state index is 13.1. The van der Waals surface area contributed by atoms with Crippen LogP contribution in [0.1, 0.15) is 245 Å². The molecular weight excluding hydrogens is 925 g/mol. The molecule has 4 unspecified atom stereocenters. The molecule has 2 fully saturated rings. The Bertz CT molecular complexity index is 1300. The Morgan fingerprint density at radius 2 is 0.792 bits per heavy atom. The molecule has 0 amide bonds. The zero-order valence-electron chi connectivity index (χ0n) is 45.2. The van der Waals surface area contributed by atoms with Gasteiger partial charge in [0.15, 0.2) is 18.7 Å². The molecule has 0 radical (unpaired) electrons. The molecule has 2 heterocycles. The van der Waals surface area contributed by atoms with Crippen LogP contribution in [0.3, 0.4) is 0 Å². The second kappa shape index (κ2) is 44.4. The standard InChI is InChI=1S/C57H106O15/c1-3-5-7-9-11-13-15-17-19-20-21-22-23-24-26-28-30-32-34-36-38-40-49(60)70-45(42-67-48(59)39-37-35-33-31-29-27-25-18-16-14-12-10-8-6-4-2)43-68-56-55(66)53(64)51(62)47(72-56)44-69-57-54(65)52(63)50(61)46(41-58)71-57/h17,19,45-47,50-58,61-66H,3-16,18,20-44H2,1-2H3/b19-17+/t45-,46+,47+,50-,51-,52?,53?,54?,55?,56+,57+/m1/s1. The summed E-state index contributed by atoms with van der Waals surface area (Å²) in [6, 6.07) is 0. The van der Waals surface area contributed by atoms with Crippen LogP contribution >= 0.6 is 0 Å². The minimum absolute atomic E-state index is 0.169. The first-order chi connectivity index (χ1) is 35.0. The molecule has 424 valence electrons. The topological polar surface area (TPSA) is 231 Å². The molecule has 0 aliphatic carbocycles. The molecule has 0 aromatic rings. The first kappa shape index (κ1) is 66.4. The fourth-order valence-corrected chi connectivity index (χ4v) is 9.45. The number of ether oxygens (including phenoxy) is 6. The summed E-state index contributed by atoms with van der Waals surface area (Å²) in [6.07, 6.45) is 29.4. The van der Waals surface area contributed by atoms with Gasteiger partial charge in [0.2, 0.25) is 0 Å². The van der Waals surface area contributed by atoms with E-state index in [-0.39, 0.29) is 26.1 Å². The molecular formula is C57H106O15. The molecule has 11 atom stereocenters. The van der Waals surface area contributed by atoms with Gasteiger partial charge in [-0.25, -0.2) is 0 Å². The maximum absolute atomic E-state index is 13.1. The fourth-order valence-electron chi connectivity index (χ4n) is 9.45. The molecule has 2 rings (SSSR count). The fraction of sp³-hybridized carbons (Fsp3) is 0.930. The predicted molar refractivity (Wildman–Crippen MR) is 280 cm³/mol. The summed E-state index contributed by atoms with van der Waals surface area (Å²) < 4.78 is 33.7. The Kier molecular flexibility index (Phi) is 40.9. The first-order valence-corrected chi connectivity index (χ1v) is 29.3. The minimum Gasteiger partial charge on any atom is -0.462 e. The van der Waals surface area contributed by atoms with Crippen molar-refractivity contribution < 1.29 is 73.8 Å². The van der Waals surface area contributed by atoms with Crippen LogP contribution in [0.2, 0.25) is 0 Å². The van der Waals surface area contributed by atoms with Crippen LogP contribution < -0.4 is 0 Å². The van der Waals surface area contributed by atoms with Crippen LogP contribution in [0.4, 0.5) is 0 Å². The number of esters is 2. The molecule has 0 saturated carbocycles. The number of allylic oxidation sites excluding steroid dienone is 2. The third kappa shape index (κ3) is 31.3. The lowest BCUT2D eigenvalue weighted by atomic mass is 9.98. The van der Waals surface area contributed by atoms with E-state index < -0.39 is 92.7 Å². The van der Waals surface area contributed by atoms with E-state index in [0.717, 1.165) is 38.5 Å². The number of hydrogen-bond donors (Lipinski definition) is 7. The summed E-state index contributed by atoms with van der Waals surface area (Å²) in [6.45, 7) is 2.64. The monoisotopic (exact) mass is 1030 g/mol. The molecule has 0 bridgehead atoms. The third-order valence-electron chi connectivity index (χ3n) is 14.2. The number of aliphatic hydroxyl groups excluding tert-OH is 7. The van der Waals surface area contributed by atoms with Crippen LogP contribution in [-0.4, -0.2) is 142 Å². The first-order valence-electron chi connectivity index (χ1n) is 29.3. The minimum atomic E-state index is -1.76. The normalized spacial score (nSPS) is 25.0. The number of unbranched alkanes of at least 4 members (excludes halogenated alkanes) is 31. The van der Waals surface area contributed by atoms with Gasteiger partial charge in [-0.1, -0.05) is 206 Å². The van der Waals surface area contributed by atoms with Crippen molar-refractivity contribution in [2.24, 2.45) is 0 Å². The second-order valence-corrected chi connectivity index (χ2v) is 20.8. The highest BCUT2D eigenvalue weighted by atomic mass is 16.7. The van der Waals surface area contributed by atoms with Gasteiger partial charge >= 0.3 is 11.9 Å². The quantitative estimate of drug-likeness (QED) is 0.0171. The molecule has 7 N–H and O–H groups in total. The highest BCUT2D eigenvalue weighted by Crippen LogP contribution is 2.27. The van der Waals surface area contributed by atoms with Gasteiger partial charge in [0.1, 0.15) is 55.4 Å². The number of carbonyl (C=O) groups excluding carboxylic acids is 2.